The van der Waals surface area contributed by atoms with Crippen molar-refractivity contribution in [3.63, 3.8) is 0 Å². The highest BCUT2D eigenvalue weighted by Crippen LogP contribution is 2.23. The number of nitrogens with two attached hydrogens (primary N) is 1. The first-order valence-corrected chi connectivity index (χ1v) is 7.93. The molecule has 1 unspecified atom stereocenters. The maximum Gasteiger partial charge on any atom is 0.223 e. The van der Waals surface area contributed by atoms with Gasteiger partial charge >= 0.3 is 0 Å². The number of nitrogens with one attached hydrogen (secondary N) is 1. The van der Waals surface area contributed by atoms with Crippen molar-refractivity contribution in [3.8, 4) is 0 Å². The Bertz CT molecular complexity index is 281. The molecule has 1 aliphatic carbocycles. The summed E-state index contributed by atoms with van der Waals surface area (Å²) >= 11 is 0. The number of carbonyl (C=O) groups excluding carboxylic acids is 1. The second-order valence-electron chi connectivity index (χ2n) is 6.38. The molecule has 0 bridgehead atoms. The number of hydrogen-bond acceptors (Lipinski definition) is 3. The van der Waals surface area contributed by atoms with Crippen LogP contribution in [0.4, 0.5) is 0 Å². The third kappa shape index (κ3) is 4.77. The highest BCUT2D eigenvalue weighted by molar-refractivity contribution is 5.79. The first-order chi connectivity index (χ1) is 9.15. The van der Waals surface area contributed by atoms with Gasteiger partial charge in [0, 0.05) is 24.5 Å². The Morgan fingerprint density at radius 3 is 2.47 bits per heavy atom. The molecule has 1 aliphatic heterocycles. The van der Waals surface area contributed by atoms with E-state index in [0.717, 1.165) is 32.2 Å². The molecule has 2 fully saturated rings. The van der Waals surface area contributed by atoms with Crippen LogP contribution in [0.5, 0.6) is 0 Å². The third-order valence-electron chi connectivity index (χ3n) is 4.51. The molecule has 2 aliphatic rings. The molecule has 3 N–H and O–H groups in total. The van der Waals surface area contributed by atoms with Crippen LogP contribution in [-0.4, -0.2) is 42.5 Å². The Kier molecular flexibility index (Phi) is 5.64. The largest absolute Gasteiger partial charge is 0.352 e. The first kappa shape index (κ1) is 14.8. The van der Waals surface area contributed by atoms with Gasteiger partial charge in [-0.1, -0.05) is 6.42 Å². The van der Waals surface area contributed by atoms with Crippen LogP contribution in [0.2, 0.25) is 0 Å². The van der Waals surface area contributed by atoms with Gasteiger partial charge in [-0.25, -0.2) is 0 Å². The zero-order valence-electron chi connectivity index (χ0n) is 12.2. The van der Waals surface area contributed by atoms with E-state index in [9.17, 15) is 4.79 Å². The highest BCUT2D eigenvalue weighted by Gasteiger charge is 2.25. The molecule has 0 aromatic rings. The normalized spacial score (nSPS) is 30.8. The molecule has 2 rings (SSSR count). The molecule has 4 nitrogen and oxygen atoms in total. The van der Waals surface area contributed by atoms with E-state index in [4.69, 9.17) is 5.73 Å². The fourth-order valence-corrected chi connectivity index (χ4v) is 3.32. The molecule has 0 aromatic carbocycles. The Morgan fingerprint density at radius 2 is 1.84 bits per heavy atom. The van der Waals surface area contributed by atoms with Gasteiger partial charge in [0.05, 0.1) is 0 Å². The summed E-state index contributed by atoms with van der Waals surface area (Å²) < 4.78 is 0. The smallest absolute Gasteiger partial charge is 0.223 e. The van der Waals surface area contributed by atoms with E-state index < -0.39 is 0 Å². The van der Waals surface area contributed by atoms with Gasteiger partial charge in [0.2, 0.25) is 5.91 Å². The molecule has 1 atom stereocenters. The highest BCUT2D eigenvalue weighted by atomic mass is 16.1. The third-order valence-corrected chi connectivity index (χ3v) is 4.51. The Morgan fingerprint density at radius 1 is 1.21 bits per heavy atom. The van der Waals surface area contributed by atoms with E-state index in [0.29, 0.717) is 6.04 Å². The lowest BCUT2D eigenvalue weighted by Crippen LogP contribution is -2.46. The Hall–Kier alpha value is -0.610. The maximum absolute atomic E-state index is 12.2. The average molecular weight is 267 g/mol. The minimum atomic E-state index is 0.198. The number of nitrogens with zero attached hydrogens (tertiary/aromatic N) is 1. The molecule has 110 valence electrons. The number of likely N-dealkylation sites (tertiary alicyclic amines) is 1. The predicted octanol–water partition coefficient (Wildman–Crippen LogP) is 1.49. The van der Waals surface area contributed by atoms with E-state index >= 15 is 0 Å². The van der Waals surface area contributed by atoms with Gasteiger partial charge in [0.15, 0.2) is 0 Å². The SMILES string of the molecule is CC(CN1CCCCC1)NC(=O)C1CCC(N)CC1. The van der Waals surface area contributed by atoms with Crippen LogP contribution in [0.25, 0.3) is 0 Å². The number of carbonyl (C=O) groups is 1. The van der Waals surface area contributed by atoms with Crippen molar-refractivity contribution in [2.45, 2.75) is 64.0 Å². The minimum absolute atomic E-state index is 0.198. The predicted molar refractivity (Wildman–Crippen MR) is 77.8 cm³/mol. The summed E-state index contributed by atoms with van der Waals surface area (Å²) in [5.74, 6) is 0.444. The fraction of sp³-hybridized carbons (Fsp3) is 0.933. The molecular weight excluding hydrogens is 238 g/mol. The van der Waals surface area contributed by atoms with Crippen molar-refractivity contribution in [2.75, 3.05) is 19.6 Å². The molecule has 0 spiro atoms. The summed E-state index contributed by atoms with van der Waals surface area (Å²) in [4.78, 5) is 14.7. The van der Waals surface area contributed by atoms with Gasteiger partial charge in [0.25, 0.3) is 0 Å². The first-order valence-electron chi connectivity index (χ1n) is 7.93. The molecule has 1 saturated heterocycles. The second kappa shape index (κ2) is 7.25. The van der Waals surface area contributed by atoms with Gasteiger partial charge in [-0.15, -0.1) is 0 Å². The van der Waals surface area contributed by atoms with Crippen LogP contribution in [0.1, 0.15) is 51.9 Å². The van der Waals surface area contributed by atoms with E-state index in [2.05, 4.69) is 17.1 Å². The van der Waals surface area contributed by atoms with Crippen LogP contribution in [0.15, 0.2) is 0 Å². The van der Waals surface area contributed by atoms with Gasteiger partial charge in [-0.05, 0) is 58.5 Å². The molecule has 0 aromatic heterocycles. The number of hydrogen-bond donors (Lipinski definition) is 2. The lowest BCUT2D eigenvalue weighted by atomic mass is 9.86. The van der Waals surface area contributed by atoms with Crippen molar-refractivity contribution in [1.82, 2.24) is 10.2 Å². The van der Waals surface area contributed by atoms with Gasteiger partial charge in [-0.3, -0.25) is 4.79 Å². The summed E-state index contributed by atoms with van der Waals surface area (Å²) in [5, 5.41) is 3.19. The van der Waals surface area contributed by atoms with Crippen molar-refractivity contribution >= 4 is 5.91 Å². The second-order valence-corrected chi connectivity index (χ2v) is 6.38. The average Bonchev–Trinajstić information content (AvgIpc) is 2.40. The van der Waals surface area contributed by atoms with Crippen molar-refractivity contribution < 1.29 is 4.79 Å². The Labute approximate surface area is 117 Å². The van der Waals surface area contributed by atoms with E-state index in [1.165, 1.54) is 32.4 Å². The van der Waals surface area contributed by atoms with Crippen molar-refractivity contribution in [2.24, 2.45) is 11.7 Å². The lowest BCUT2D eigenvalue weighted by Gasteiger charge is -2.31. The van der Waals surface area contributed by atoms with Crippen molar-refractivity contribution in [3.05, 3.63) is 0 Å². The summed E-state index contributed by atoms with van der Waals surface area (Å²) in [6, 6.07) is 0.580. The van der Waals surface area contributed by atoms with Gasteiger partial charge in [0.1, 0.15) is 0 Å². The van der Waals surface area contributed by atoms with E-state index in [-0.39, 0.29) is 17.9 Å². The lowest BCUT2D eigenvalue weighted by molar-refractivity contribution is -0.126. The summed E-state index contributed by atoms with van der Waals surface area (Å²) in [6.45, 7) is 5.51. The minimum Gasteiger partial charge on any atom is -0.352 e. The summed E-state index contributed by atoms with van der Waals surface area (Å²) in [6.07, 6.45) is 7.89. The van der Waals surface area contributed by atoms with Crippen LogP contribution in [0.3, 0.4) is 0 Å². The van der Waals surface area contributed by atoms with Crippen LogP contribution in [0, 0.1) is 5.92 Å². The zero-order chi connectivity index (χ0) is 13.7. The number of piperidine rings is 1. The molecular formula is C15H29N3O. The maximum atomic E-state index is 12.2. The van der Waals surface area contributed by atoms with E-state index in [1.807, 2.05) is 0 Å². The zero-order valence-corrected chi connectivity index (χ0v) is 12.2. The molecule has 1 saturated carbocycles. The Balaban J connectivity index is 1.69. The van der Waals surface area contributed by atoms with Crippen LogP contribution >= 0.6 is 0 Å². The topological polar surface area (TPSA) is 58.4 Å². The fourth-order valence-electron chi connectivity index (χ4n) is 3.32. The molecule has 1 heterocycles. The number of amides is 1. The molecule has 19 heavy (non-hydrogen) atoms. The molecule has 4 heteroatoms. The molecule has 0 radical (unpaired) electrons. The monoisotopic (exact) mass is 267 g/mol. The quantitative estimate of drug-likeness (QED) is 0.811. The summed E-state index contributed by atoms with van der Waals surface area (Å²) in [5.41, 5.74) is 5.88. The van der Waals surface area contributed by atoms with Gasteiger partial charge < -0.3 is 16.0 Å². The van der Waals surface area contributed by atoms with Crippen molar-refractivity contribution in [1.29, 1.82) is 0 Å². The molecule has 1 amide bonds. The summed E-state index contributed by atoms with van der Waals surface area (Å²) in [7, 11) is 0. The standard InChI is InChI=1S/C15H29N3O/c1-12(11-18-9-3-2-4-10-18)17-15(19)13-5-7-14(16)8-6-13/h12-14H,2-11,16H2,1H3,(H,17,19). The number of rotatable bonds is 4. The van der Waals surface area contributed by atoms with E-state index in [1.54, 1.807) is 0 Å². The van der Waals surface area contributed by atoms with Crippen LogP contribution < -0.4 is 11.1 Å². The van der Waals surface area contributed by atoms with Gasteiger partial charge in [-0.2, -0.15) is 0 Å². The van der Waals surface area contributed by atoms with Crippen LogP contribution in [-0.2, 0) is 4.79 Å².